The number of hydrogen-bond donors (Lipinski definition) is 1. The lowest BCUT2D eigenvalue weighted by atomic mass is 9.74. The van der Waals surface area contributed by atoms with Crippen LogP contribution in [0.5, 0.6) is 0 Å². The van der Waals surface area contributed by atoms with Gasteiger partial charge in [0.2, 0.25) is 0 Å². The van der Waals surface area contributed by atoms with E-state index in [2.05, 4.69) is 6.92 Å². The summed E-state index contributed by atoms with van der Waals surface area (Å²) in [5.41, 5.74) is 5.41. The van der Waals surface area contributed by atoms with Crippen LogP contribution in [0.1, 0.15) is 58.3 Å². The van der Waals surface area contributed by atoms with Gasteiger partial charge in [-0.05, 0) is 19.3 Å². The molecule has 0 aromatic rings. The third-order valence-corrected chi connectivity index (χ3v) is 3.62. The van der Waals surface area contributed by atoms with Gasteiger partial charge < -0.3 is 10.5 Å². The Morgan fingerprint density at radius 3 is 2.50 bits per heavy atom. The molecule has 1 saturated carbocycles. The maximum absolute atomic E-state index is 12.0. The first kappa shape index (κ1) is 13.5. The summed E-state index contributed by atoms with van der Waals surface area (Å²) in [5, 5.41) is 0. The number of unbranched alkanes of at least 4 members (excludes halogenated alkanes) is 2. The molecular formula is C13H25NO2. The summed E-state index contributed by atoms with van der Waals surface area (Å²) in [6.07, 6.45) is 8.53. The van der Waals surface area contributed by atoms with Gasteiger partial charge >= 0.3 is 5.97 Å². The molecule has 3 heteroatoms. The molecule has 16 heavy (non-hydrogen) atoms. The van der Waals surface area contributed by atoms with Crippen LogP contribution in [0.15, 0.2) is 0 Å². The Kier molecular flexibility index (Phi) is 5.81. The van der Waals surface area contributed by atoms with E-state index in [-0.39, 0.29) is 11.4 Å². The summed E-state index contributed by atoms with van der Waals surface area (Å²) in [4.78, 5) is 12.0. The predicted molar refractivity (Wildman–Crippen MR) is 65.1 cm³/mol. The molecule has 2 N–H and O–H groups in total. The molecule has 0 bridgehead atoms. The molecule has 0 unspecified atom stereocenters. The molecule has 1 fully saturated rings. The number of carbonyl (C=O) groups is 1. The number of rotatable bonds is 6. The Morgan fingerprint density at radius 2 is 1.94 bits per heavy atom. The Hall–Kier alpha value is -0.570. The average Bonchev–Trinajstić information content (AvgIpc) is 2.35. The SMILES string of the molecule is CCCCCOC(=O)C1(CN)CCCCC1. The summed E-state index contributed by atoms with van der Waals surface area (Å²) in [7, 11) is 0. The van der Waals surface area contributed by atoms with E-state index >= 15 is 0 Å². The highest BCUT2D eigenvalue weighted by Gasteiger charge is 2.39. The zero-order chi connectivity index (χ0) is 11.9. The van der Waals surface area contributed by atoms with E-state index in [1.165, 1.54) is 6.42 Å². The average molecular weight is 227 g/mol. The molecule has 1 aliphatic carbocycles. The van der Waals surface area contributed by atoms with E-state index in [9.17, 15) is 4.79 Å². The molecule has 0 aliphatic heterocycles. The fourth-order valence-electron chi connectivity index (χ4n) is 2.39. The Morgan fingerprint density at radius 1 is 1.25 bits per heavy atom. The van der Waals surface area contributed by atoms with Crippen molar-refractivity contribution in [2.75, 3.05) is 13.2 Å². The third-order valence-electron chi connectivity index (χ3n) is 3.62. The van der Waals surface area contributed by atoms with E-state index in [0.717, 1.165) is 44.9 Å². The topological polar surface area (TPSA) is 52.3 Å². The van der Waals surface area contributed by atoms with Crippen molar-refractivity contribution < 1.29 is 9.53 Å². The van der Waals surface area contributed by atoms with Crippen molar-refractivity contribution in [3.63, 3.8) is 0 Å². The molecule has 0 heterocycles. The normalized spacial score (nSPS) is 19.4. The predicted octanol–water partition coefficient (Wildman–Crippen LogP) is 2.63. The number of carbonyl (C=O) groups excluding carboxylic acids is 1. The van der Waals surface area contributed by atoms with Crippen molar-refractivity contribution in [3.05, 3.63) is 0 Å². The fraction of sp³-hybridized carbons (Fsp3) is 0.923. The largest absolute Gasteiger partial charge is 0.465 e. The Balaban J connectivity index is 2.36. The third kappa shape index (κ3) is 3.48. The number of nitrogens with two attached hydrogens (primary N) is 1. The Bertz CT molecular complexity index is 210. The van der Waals surface area contributed by atoms with E-state index in [1.807, 2.05) is 0 Å². The van der Waals surface area contributed by atoms with Crippen LogP contribution in [0.4, 0.5) is 0 Å². The second kappa shape index (κ2) is 6.89. The van der Waals surface area contributed by atoms with Gasteiger partial charge in [-0.2, -0.15) is 0 Å². The molecule has 0 amide bonds. The molecular weight excluding hydrogens is 202 g/mol. The maximum atomic E-state index is 12.0. The molecule has 0 aromatic carbocycles. The highest BCUT2D eigenvalue weighted by atomic mass is 16.5. The second-order valence-electron chi connectivity index (χ2n) is 4.89. The minimum absolute atomic E-state index is 0.0502. The number of ether oxygens (including phenoxy) is 1. The molecule has 0 atom stereocenters. The smallest absolute Gasteiger partial charge is 0.313 e. The summed E-state index contributed by atoms with van der Waals surface area (Å²) in [6, 6.07) is 0. The quantitative estimate of drug-likeness (QED) is 0.560. The minimum Gasteiger partial charge on any atom is -0.465 e. The summed E-state index contributed by atoms with van der Waals surface area (Å²) < 4.78 is 5.36. The standard InChI is InChI=1S/C13H25NO2/c1-2-3-7-10-16-12(15)13(11-14)8-5-4-6-9-13/h2-11,14H2,1H3. The molecule has 0 saturated heterocycles. The van der Waals surface area contributed by atoms with Gasteiger partial charge in [0, 0.05) is 6.54 Å². The second-order valence-corrected chi connectivity index (χ2v) is 4.89. The first-order valence-corrected chi connectivity index (χ1v) is 6.62. The van der Waals surface area contributed by atoms with E-state index in [4.69, 9.17) is 10.5 Å². The first-order valence-electron chi connectivity index (χ1n) is 6.62. The first-order chi connectivity index (χ1) is 7.75. The summed E-state index contributed by atoms with van der Waals surface area (Å²) in [5.74, 6) is -0.0502. The van der Waals surface area contributed by atoms with Crippen molar-refractivity contribution in [2.24, 2.45) is 11.1 Å². The molecule has 0 radical (unpaired) electrons. The van der Waals surface area contributed by atoms with Gasteiger partial charge in [0.15, 0.2) is 0 Å². The van der Waals surface area contributed by atoms with Gasteiger partial charge in [-0.1, -0.05) is 39.0 Å². The van der Waals surface area contributed by atoms with Gasteiger partial charge in [0.25, 0.3) is 0 Å². The van der Waals surface area contributed by atoms with Crippen molar-refractivity contribution in [1.29, 1.82) is 0 Å². The van der Waals surface area contributed by atoms with Crippen LogP contribution in [0.25, 0.3) is 0 Å². The molecule has 0 aromatic heterocycles. The highest BCUT2D eigenvalue weighted by Crippen LogP contribution is 2.36. The fourth-order valence-corrected chi connectivity index (χ4v) is 2.39. The molecule has 3 nitrogen and oxygen atoms in total. The zero-order valence-corrected chi connectivity index (χ0v) is 10.5. The van der Waals surface area contributed by atoms with Crippen LogP contribution >= 0.6 is 0 Å². The van der Waals surface area contributed by atoms with Gasteiger partial charge in [-0.25, -0.2) is 0 Å². The van der Waals surface area contributed by atoms with Crippen LogP contribution in [-0.2, 0) is 9.53 Å². The lowest BCUT2D eigenvalue weighted by molar-refractivity contribution is -0.157. The number of esters is 1. The summed E-state index contributed by atoms with van der Waals surface area (Å²) >= 11 is 0. The molecule has 94 valence electrons. The monoisotopic (exact) mass is 227 g/mol. The van der Waals surface area contributed by atoms with Gasteiger partial charge in [-0.15, -0.1) is 0 Å². The highest BCUT2D eigenvalue weighted by molar-refractivity contribution is 5.77. The van der Waals surface area contributed by atoms with Gasteiger partial charge in [0.05, 0.1) is 12.0 Å². The van der Waals surface area contributed by atoms with Gasteiger partial charge in [0.1, 0.15) is 0 Å². The Labute approximate surface area is 98.7 Å². The van der Waals surface area contributed by atoms with Crippen molar-refractivity contribution in [1.82, 2.24) is 0 Å². The number of hydrogen-bond acceptors (Lipinski definition) is 3. The zero-order valence-electron chi connectivity index (χ0n) is 10.5. The van der Waals surface area contributed by atoms with Crippen molar-refractivity contribution in [3.8, 4) is 0 Å². The van der Waals surface area contributed by atoms with E-state index in [1.54, 1.807) is 0 Å². The lowest BCUT2D eigenvalue weighted by Gasteiger charge is -2.33. The van der Waals surface area contributed by atoms with Crippen LogP contribution in [-0.4, -0.2) is 19.1 Å². The molecule has 0 spiro atoms. The minimum atomic E-state index is -0.357. The van der Waals surface area contributed by atoms with Crippen LogP contribution in [0, 0.1) is 5.41 Å². The summed E-state index contributed by atoms with van der Waals surface area (Å²) in [6.45, 7) is 3.15. The van der Waals surface area contributed by atoms with E-state index < -0.39 is 0 Å². The molecule has 1 aliphatic rings. The van der Waals surface area contributed by atoms with E-state index in [0.29, 0.717) is 13.2 Å². The molecule has 1 rings (SSSR count). The van der Waals surface area contributed by atoms with Crippen LogP contribution < -0.4 is 5.73 Å². The van der Waals surface area contributed by atoms with Crippen molar-refractivity contribution in [2.45, 2.75) is 58.3 Å². The van der Waals surface area contributed by atoms with Crippen LogP contribution in [0.2, 0.25) is 0 Å². The van der Waals surface area contributed by atoms with Crippen LogP contribution in [0.3, 0.4) is 0 Å². The lowest BCUT2D eigenvalue weighted by Crippen LogP contribution is -2.41. The maximum Gasteiger partial charge on any atom is 0.313 e. The van der Waals surface area contributed by atoms with Crippen molar-refractivity contribution >= 4 is 5.97 Å². The van der Waals surface area contributed by atoms with Gasteiger partial charge in [-0.3, -0.25) is 4.79 Å².